The van der Waals surface area contributed by atoms with Crippen LogP contribution in [-0.2, 0) is 20.1 Å². The number of hydrogen-bond donors (Lipinski definition) is 2. The van der Waals surface area contributed by atoms with Gasteiger partial charge in [-0.15, -0.1) is 0 Å². The first-order valence-corrected chi connectivity index (χ1v) is 8.48. The number of nitrogens with zero attached hydrogens (tertiary/aromatic N) is 3. The van der Waals surface area contributed by atoms with Crippen LogP contribution < -0.4 is 20.1 Å². The minimum absolute atomic E-state index is 0.285. The van der Waals surface area contributed by atoms with E-state index >= 15 is 0 Å². The van der Waals surface area contributed by atoms with Gasteiger partial charge in [-0.2, -0.15) is 0 Å². The van der Waals surface area contributed by atoms with E-state index in [1.54, 1.807) is 7.05 Å². The lowest BCUT2D eigenvalue weighted by Crippen LogP contribution is -2.36. The van der Waals surface area contributed by atoms with Crippen molar-refractivity contribution in [3.63, 3.8) is 0 Å². The molecular weight excluding hydrogens is 330 g/mol. The summed E-state index contributed by atoms with van der Waals surface area (Å²) in [6.07, 6.45) is 0. The van der Waals surface area contributed by atoms with Gasteiger partial charge in [-0.1, -0.05) is 18.2 Å². The van der Waals surface area contributed by atoms with Crippen LogP contribution in [0.5, 0.6) is 11.5 Å². The molecule has 0 fully saturated rings. The Morgan fingerprint density at radius 3 is 2.77 bits per heavy atom. The number of guanidine groups is 1. The van der Waals surface area contributed by atoms with Crippen molar-refractivity contribution in [2.75, 3.05) is 13.8 Å². The quantitative estimate of drug-likeness (QED) is 0.557. The van der Waals surface area contributed by atoms with Gasteiger partial charge in [0.2, 0.25) is 6.79 Å². The molecule has 2 aromatic carbocycles. The van der Waals surface area contributed by atoms with E-state index < -0.39 is 0 Å². The predicted octanol–water partition coefficient (Wildman–Crippen LogP) is 2.17. The molecule has 2 heterocycles. The molecule has 0 spiro atoms. The van der Waals surface area contributed by atoms with Crippen molar-refractivity contribution in [2.45, 2.75) is 13.1 Å². The molecule has 0 unspecified atom stereocenters. The van der Waals surface area contributed by atoms with Crippen LogP contribution in [0, 0.1) is 0 Å². The van der Waals surface area contributed by atoms with Crippen molar-refractivity contribution in [3.05, 3.63) is 53.9 Å². The van der Waals surface area contributed by atoms with Crippen molar-refractivity contribution in [1.82, 2.24) is 20.2 Å². The van der Waals surface area contributed by atoms with E-state index in [1.807, 2.05) is 43.4 Å². The number of hydrogen-bond acceptors (Lipinski definition) is 4. The Balaban J connectivity index is 1.38. The Kier molecular flexibility index (Phi) is 4.35. The van der Waals surface area contributed by atoms with Gasteiger partial charge < -0.3 is 24.7 Å². The Morgan fingerprint density at radius 1 is 1.12 bits per heavy atom. The second kappa shape index (κ2) is 6.95. The minimum atomic E-state index is 0.285. The maximum Gasteiger partial charge on any atom is 0.231 e. The normalized spacial score (nSPS) is 13.2. The summed E-state index contributed by atoms with van der Waals surface area (Å²) in [6, 6.07) is 14.0. The van der Waals surface area contributed by atoms with E-state index in [1.165, 1.54) is 0 Å². The molecule has 1 aliphatic rings. The zero-order chi connectivity index (χ0) is 17.9. The molecule has 0 amide bonds. The molecular formula is C19H21N5O2. The molecule has 0 atom stereocenters. The van der Waals surface area contributed by atoms with Gasteiger partial charge in [-0.3, -0.25) is 4.99 Å². The van der Waals surface area contributed by atoms with Crippen LogP contribution in [0.25, 0.3) is 11.0 Å². The standard InChI is InChI=1S/C19H21N5O2/c1-20-19(21-10-13-7-8-16-17(9-13)26-12-25-16)22-11-18-23-14-5-3-4-6-15(14)24(18)2/h3-9H,10-12H2,1-2H3,(H2,20,21,22). The number of nitrogens with one attached hydrogen (secondary N) is 2. The maximum atomic E-state index is 5.41. The number of imidazole rings is 1. The third kappa shape index (κ3) is 3.15. The summed E-state index contributed by atoms with van der Waals surface area (Å²) >= 11 is 0. The topological polar surface area (TPSA) is 72.7 Å². The molecule has 3 aromatic rings. The average Bonchev–Trinajstić information content (AvgIpc) is 3.26. The summed E-state index contributed by atoms with van der Waals surface area (Å²) in [5, 5.41) is 6.62. The van der Waals surface area contributed by atoms with Crippen molar-refractivity contribution in [1.29, 1.82) is 0 Å². The highest BCUT2D eigenvalue weighted by molar-refractivity contribution is 5.80. The van der Waals surface area contributed by atoms with Crippen LogP contribution in [0.4, 0.5) is 0 Å². The summed E-state index contributed by atoms with van der Waals surface area (Å²) < 4.78 is 12.8. The lowest BCUT2D eigenvalue weighted by atomic mass is 10.2. The van der Waals surface area contributed by atoms with Crippen LogP contribution >= 0.6 is 0 Å². The van der Waals surface area contributed by atoms with Gasteiger partial charge in [0.1, 0.15) is 5.82 Å². The fourth-order valence-corrected chi connectivity index (χ4v) is 2.97. The summed E-state index contributed by atoms with van der Waals surface area (Å²) in [4.78, 5) is 8.94. The number of ether oxygens (including phenoxy) is 2. The highest BCUT2D eigenvalue weighted by Gasteiger charge is 2.13. The number of benzene rings is 2. The number of rotatable bonds is 4. The van der Waals surface area contributed by atoms with Gasteiger partial charge in [0.15, 0.2) is 17.5 Å². The zero-order valence-electron chi connectivity index (χ0n) is 14.8. The first-order valence-electron chi connectivity index (χ1n) is 8.48. The van der Waals surface area contributed by atoms with Crippen LogP contribution in [0.2, 0.25) is 0 Å². The third-order valence-electron chi connectivity index (χ3n) is 4.41. The number of aryl methyl sites for hydroxylation is 1. The lowest BCUT2D eigenvalue weighted by Gasteiger charge is -2.12. The fourth-order valence-electron chi connectivity index (χ4n) is 2.97. The molecule has 7 nitrogen and oxygen atoms in total. The van der Waals surface area contributed by atoms with E-state index in [0.717, 1.165) is 39.9 Å². The molecule has 1 aliphatic heterocycles. The smallest absolute Gasteiger partial charge is 0.231 e. The maximum absolute atomic E-state index is 5.41. The van der Waals surface area contributed by atoms with Gasteiger partial charge in [0.05, 0.1) is 17.6 Å². The molecule has 0 bridgehead atoms. The molecule has 4 rings (SSSR count). The second-order valence-corrected chi connectivity index (χ2v) is 6.04. The molecule has 0 radical (unpaired) electrons. The van der Waals surface area contributed by atoms with Crippen molar-refractivity contribution < 1.29 is 9.47 Å². The highest BCUT2D eigenvalue weighted by atomic mass is 16.7. The molecule has 0 saturated heterocycles. The van der Waals surface area contributed by atoms with Crippen LogP contribution in [-0.4, -0.2) is 29.4 Å². The van der Waals surface area contributed by atoms with Crippen molar-refractivity contribution in [3.8, 4) is 11.5 Å². The lowest BCUT2D eigenvalue weighted by molar-refractivity contribution is 0.174. The summed E-state index contributed by atoms with van der Waals surface area (Å²) in [5.74, 6) is 3.25. The number of aromatic nitrogens is 2. The van der Waals surface area contributed by atoms with E-state index in [9.17, 15) is 0 Å². The van der Waals surface area contributed by atoms with Crippen LogP contribution in [0.15, 0.2) is 47.5 Å². The van der Waals surface area contributed by atoms with E-state index in [0.29, 0.717) is 13.1 Å². The fraction of sp³-hybridized carbons (Fsp3) is 0.263. The summed E-state index contributed by atoms with van der Waals surface area (Å²) in [6.45, 7) is 1.51. The van der Waals surface area contributed by atoms with Crippen molar-refractivity contribution in [2.24, 2.45) is 12.0 Å². The number of aliphatic imine (C=N–C) groups is 1. The van der Waals surface area contributed by atoms with E-state index in [-0.39, 0.29) is 6.79 Å². The largest absolute Gasteiger partial charge is 0.454 e. The van der Waals surface area contributed by atoms with E-state index in [2.05, 4.69) is 31.2 Å². The first kappa shape index (κ1) is 16.3. The third-order valence-corrected chi connectivity index (χ3v) is 4.41. The SMILES string of the molecule is CN=C(NCc1ccc2c(c1)OCO2)NCc1nc2ccccc2n1C. The van der Waals surface area contributed by atoms with Gasteiger partial charge in [-0.25, -0.2) is 4.98 Å². The Bertz CT molecular complexity index is 964. The summed E-state index contributed by atoms with van der Waals surface area (Å²) in [7, 11) is 3.78. The van der Waals surface area contributed by atoms with Crippen LogP contribution in [0.1, 0.15) is 11.4 Å². The van der Waals surface area contributed by atoms with Gasteiger partial charge in [0.25, 0.3) is 0 Å². The van der Waals surface area contributed by atoms with E-state index in [4.69, 9.17) is 9.47 Å². The Labute approximate surface area is 151 Å². The van der Waals surface area contributed by atoms with Crippen molar-refractivity contribution >= 4 is 17.0 Å². The van der Waals surface area contributed by atoms with Gasteiger partial charge in [0, 0.05) is 20.6 Å². The molecule has 0 aliphatic carbocycles. The second-order valence-electron chi connectivity index (χ2n) is 6.04. The zero-order valence-corrected chi connectivity index (χ0v) is 14.8. The number of para-hydroxylation sites is 2. The molecule has 1 aromatic heterocycles. The minimum Gasteiger partial charge on any atom is -0.454 e. The van der Waals surface area contributed by atoms with Gasteiger partial charge in [-0.05, 0) is 29.8 Å². The molecule has 134 valence electrons. The summed E-state index contributed by atoms with van der Waals surface area (Å²) in [5.41, 5.74) is 3.21. The van der Waals surface area contributed by atoms with Gasteiger partial charge >= 0.3 is 0 Å². The predicted molar refractivity (Wildman–Crippen MR) is 100 cm³/mol. The van der Waals surface area contributed by atoms with Crippen LogP contribution in [0.3, 0.4) is 0 Å². The number of fused-ring (bicyclic) bond motifs is 2. The highest BCUT2D eigenvalue weighted by Crippen LogP contribution is 2.32. The first-order chi connectivity index (χ1) is 12.7. The Hall–Kier alpha value is -3.22. The molecule has 26 heavy (non-hydrogen) atoms. The molecule has 7 heteroatoms. The Morgan fingerprint density at radius 2 is 1.92 bits per heavy atom. The molecule has 2 N–H and O–H groups in total. The molecule has 0 saturated carbocycles. The monoisotopic (exact) mass is 351 g/mol. The average molecular weight is 351 g/mol.